The molecule has 1 heterocycles. The van der Waals surface area contributed by atoms with Crippen molar-refractivity contribution in [1.29, 1.82) is 0 Å². The van der Waals surface area contributed by atoms with E-state index in [4.69, 9.17) is 16.6 Å². The number of thioether (sulfide) groups is 1. The summed E-state index contributed by atoms with van der Waals surface area (Å²) in [5.74, 6) is 0. The first-order valence-electron chi connectivity index (χ1n) is 6.89. The van der Waals surface area contributed by atoms with Crippen LogP contribution in [0.4, 0.5) is 0 Å². The number of pyridine rings is 1. The van der Waals surface area contributed by atoms with E-state index in [1.165, 1.54) is 10.5 Å². The first-order chi connectivity index (χ1) is 10.3. The highest BCUT2D eigenvalue weighted by Gasteiger charge is 2.13. The van der Waals surface area contributed by atoms with Gasteiger partial charge in [-0.1, -0.05) is 42.5 Å². The number of aromatic nitrogens is 1. The minimum Gasteiger partial charge on any atom is -0.253 e. The average molecular weight is 314 g/mol. The summed E-state index contributed by atoms with van der Waals surface area (Å²) in [4.78, 5) is 5.94. The number of hydrogen-bond donors (Lipinski definition) is 0. The molecule has 0 aliphatic rings. The van der Waals surface area contributed by atoms with E-state index in [2.05, 4.69) is 36.6 Å². The first kappa shape index (κ1) is 14.4. The molecule has 1 atom stereocenters. The largest absolute Gasteiger partial charge is 0.253 e. The normalized spacial score (nSPS) is 12.5. The van der Waals surface area contributed by atoms with Crippen molar-refractivity contribution < 1.29 is 0 Å². The van der Waals surface area contributed by atoms with Gasteiger partial charge in [0.25, 0.3) is 0 Å². The number of nitrogens with zero attached hydrogens (tertiary/aromatic N) is 1. The van der Waals surface area contributed by atoms with Gasteiger partial charge in [0.15, 0.2) is 0 Å². The molecule has 0 radical (unpaired) electrons. The van der Waals surface area contributed by atoms with E-state index in [-0.39, 0.29) is 5.38 Å². The minimum absolute atomic E-state index is 0.0534. The number of hydrogen-bond acceptors (Lipinski definition) is 2. The number of fused-ring (bicyclic) bond motifs is 1. The van der Waals surface area contributed by atoms with Crippen molar-refractivity contribution in [3.63, 3.8) is 0 Å². The maximum Gasteiger partial charge on any atom is 0.0705 e. The zero-order valence-electron chi connectivity index (χ0n) is 11.8. The molecule has 3 heteroatoms. The summed E-state index contributed by atoms with van der Waals surface area (Å²) < 4.78 is 0. The lowest BCUT2D eigenvalue weighted by molar-refractivity contribution is 0.870. The fourth-order valence-corrected chi connectivity index (χ4v) is 3.51. The van der Waals surface area contributed by atoms with E-state index in [0.717, 1.165) is 23.0 Å². The maximum absolute atomic E-state index is 6.62. The SMILES string of the molecule is CSc1ccccc1C(Cl)Cc1ccc2ccccc2n1. The van der Waals surface area contributed by atoms with E-state index in [1.807, 2.05) is 30.3 Å². The lowest BCUT2D eigenvalue weighted by Gasteiger charge is -2.13. The number of halogens is 1. The Hall–Kier alpha value is -1.51. The van der Waals surface area contributed by atoms with Crippen LogP contribution in [0.1, 0.15) is 16.6 Å². The van der Waals surface area contributed by atoms with Crippen LogP contribution in [0.15, 0.2) is 65.6 Å². The van der Waals surface area contributed by atoms with E-state index < -0.39 is 0 Å². The van der Waals surface area contributed by atoms with Gasteiger partial charge in [0.2, 0.25) is 0 Å². The summed E-state index contributed by atoms with van der Waals surface area (Å²) in [6.07, 6.45) is 2.82. The molecule has 21 heavy (non-hydrogen) atoms. The van der Waals surface area contributed by atoms with Crippen molar-refractivity contribution in [2.75, 3.05) is 6.26 Å². The second-order valence-corrected chi connectivity index (χ2v) is 6.28. The Morgan fingerprint density at radius 3 is 2.62 bits per heavy atom. The van der Waals surface area contributed by atoms with Gasteiger partial charge in [-0.15, -0.1) is 23.4 Å². The van der Waals surface area contributed by atoms with Gasteiger partial charge in [0, 0.05) is 22.4 Å². The molecule has 0 amide bonds. The molecule has 1 aromatic heterocycles. The highest BCUT2D eigenvalue weighted by Crippen LogP contribution is 2.32. The molecule has 0 saturated carbocycles. The van der Waals surface area contributed by atoms with Gasteiger partial charge in [-0.25, -0.2) is 0 Å². The van der Waals surface area contributed by atoms with Crippen LogP contribution in [0, 0.1) is 0 Å². The van der Waals surface area contributed by atoms with Crippen LogP contribution in [0.5, 0.6) is 0 Å². The molecule has 0 aliphatic carbocycles. The van der Waals surface area contributed by atoms with Crippen LogP contribution in [-0.4, -0.2) is 11.2 Å². The number of alkyl halides is 1. The Labute approximate surface area is 134 Å². The molecule has 1 unspecified atom stereocenters. The molecular formula is C18H16ClNS. The highest BCUT2D eigenvalue weighted by atomic mass is 35.5. The smallest absolute Gasteiger partial charge is 0.0705 e. The predicted octanol–water partition coefficient (Wildman–Crippen LogP) is 5.48. The van der Waals surface area contributed by atoms with Gasteiger partial charge in [-0.2, -0.15) is 0 Å². The first-order valence-corrected chi connectivity index (χ1v) is 8.55. The van der Waals surface area contributed by atoms with Gasteiger partial charge in [-0.05, 0) is 30.0 Å². The van der Waals surface area contributed by atoms with E-state index in [9.17, 15) is 0 Å². The van der Waals surface area contributed by atoms with Crippen LogP contribution in [-0.2, 0) is 6.42 Å². The van der Waals surface area contributed by atoms with Crippen molar-refractivity contribution >= 4 is 34.3 Å². The molecule has 0 aliphatic heterocycles. The molecular weight excluding hydrogens is 298 g/mol. The van der Waals surface area contributed by atoms with Gasteiger partial charge < -0.3 is 0 Å². The molecule has 0 saturated heterocycles. The lowest BCUT2D eigenvalue weighted by Crippen LogP contribution is -2.00. The molecule has 1 nitrogen and oxygen atoms in total. The van der Waals surface area contributed by atoms with Crippen LogP contribution in [0.3, 0.4) is 0 Å². The molecule has 0 fully saturated rings. The van der Waals surface area contributed by atoms with Crippen LogP contribution < -0.4 is 0 Å². The summed E-state index contributed by atoms with van der Waals surface area (Å²) in [7, 11) is 0. The third kappa shape index (κ3) is 3.22. The molecule has 2 aromatic carbocycles. The Morgan fingerprint density at radius 1 is 1.00 bits per heavy atom. The Bertz CT molecular complexity index is 757. The average Bonchev–Trinajstić information content (AvgIpc) is 2.54. The number of para-hydroxylation sites is 1. The molecule has 0 bridgehead atoms. The highest BCUT2D eigenvalue weighted by molar-refractivity contribution is 7.98. The molecule has 3 rings (SSSR count). The second-order valence-electron chi connectivity index (χ2n) is 4.91. The van der Waals surface area contributed by atoms with Crippen molar-refractivity contribution in [3.05, 3.63) is 71.9 Å². The second kappa shape index (κ2) is 6.50. The van der Waals surface area contributed by atoms with Crippen LogP contribution >= 0.6 is 23.4 Å². The summed E-state index contributed by atoms with van der Waals surface area (Å²) in [6, 6.07) is 20.6. The summed E-state index contributed by atoms with van der Waals surface area (Å²) in [5, 5.41) is 1.11. The van der Waals surface area contributed by atoms with Crippen molar-refractivity contribution in [2.24, 2.45) is 0 Å². The molecule has 0 N–H and O–H groups in total. The topological polar surface area (TPSA) is 12.9 Å². The van der Waals surface area contributed by atoms with E-state index in [0.29, 0.717) is 0 Å². The van der Waals surface area contributed by atoms with Crippen LogP contribution in [0.25, 0.3) is 10.9 Å². The zero-order valence-corrected chi connectivity index (χ0v) is 13.4. The fraction of sp³-hybridized carbons (Fsp3) is 0.167. The quantitative estimate of drug-likeness (QED) is 0.467. The van der Waals surface area contributed by atoms with Crippen molar-refractivity contribution in [1.82, 2.24) is 4.98 Å². The lowest BCUT2D eigenvalue weighted by atomic mass is 10.1. The van der Waals surface area contributed by atoms with Crippen molar-refractivity contribution in [2.45, 2.75) is 16.7 Å². The molecule has 106 valence electrons. The number of benzene rings is 2. The van der Waals surface area contributed by atoms with E-state index in [1.54, 1.807) is 11.8 Å². The maximum atomic E-state index is 6.62. The van der Waals surface area contributed by atoms with Gasteiger partial charge in [0.1, 0.15) is 0 Å². The van der Waals surface area contributed by atoms with E-state index >= 15 is 0 Å². The van der Waals surface area contributed by atoms with Gasteiger partial charge in [-0.3, -0.25) is 4.98 Å². The van der Waals surface area contributed by atoms with Gasteiger partial charge in [0.05, 0.1) is 10.9 Å². The monoisotopic (exact) mass is 313 g/mol. The summed E-state index contributed by atoms with van der Waals surface area (Å²) >= 11 is 8.35. The standard InChI is InChI=1S/C18H16ClNS/c1-21-18-9-5-3-7-15(18)16(19)12-14-11-10-13-6-2-4-8-17(13)20-14/h2-11,16H,12H2,1H3. The Morgan fingerprint density at radius 2 is 1.76 bits per heavy atom. The predicted molar refractivity (Wildman–Crippen MR) is 92.3 cm³/mol. The third-order valence-electron chi connectivity index (χ3n) is 3.52. The Balaban J connectivity index is 1.87. The minimum atomic E-state index is -0.0534. The molecule has 0 spiro atoms. The third-order valence-corrected chi connectivity index (χ3v) is 4.72. The fourth-order valence-electron chi connectivity index (χ4n) is 2.44. The molecule has 3 aromatic rings. The Kier molecular flexibility index (Phi) is 4.47. The number of rotatable bonds is 4. The summed E-state index contributed by atoms with van der Waals surface area (Å²) in [6.45, 7) is 0. The van der Waals surface area contributed by atoms with Crippen LogP contribution in [0.2, 0.25) is 0 Å². The van der Waals surface area contributed by atoms with Gasteiger partial charge >= 0.3 is 0 Å². The van der Waals surface area contributed by atoms with Crippen molar-refractivity contribution in [3.8, 4) is 0 Å². The zero-order chi connectivity index (χ0) is 14.7. The summed E-state index contributed by atoms with van der Waals surface area (Å²) in [5.41, 5.74) is 3.24.